The van der Waals surface area contributed by atoms with Crippen molar-refractivity contribution in [3.63, 3.8) is 0 Å². The molecule has 1 unspecified atom stereocenters. The summed E-state index contributed by atoms with van der Waals surface area (Å²) in [5, 5.41) is 42.2. The van der Waals surface area contributed by atoms with E-state index < -0.39 is 4.92 Å². The van der Waals surface area contributed by atoms with E-state index in [0.29, 0.717) is 95.5 Å². The number of imidazole rings is 1. The van der Waals surface area contributed by atoms with Crippen LogP contribution in [0.2, 0.25) is 0 Å². The lowest BCUT2D eigenvalue weighted by Crippen LogP contribution is -2.17. The molecule has 2 aliphatic heterocycles. The molecule has 2 aliphatic rings. The second-order valence-corrected chi connectivity index (χ2v) is 26.9. The number of H-pyrrole nitrogens is 1. The molecule has 7 aromatic carbocycles. The minimum atomic E-state index is -0.439. The van der Waals surface area contributed by atoms with Crippen LogP contribution < -0.4 is 53.2 Å². The molecular weight excluding hydrogens is 1360 g/mol. The van der Waals surface area contributed by atoms with Crippen molar-refractivity contribution in [3.8, 4) is 0 Å². The summed E-state index contributed by atoms with van der Waals surface area (Å²) in [7, 11) is 0. The Morgan fingerprint density at radius 1 is 0.407 bits per heavy atom. The van der Waals surface area contributed by atoms with Crippen LogP contribution in [-0.4, -0.2) is 93.1 Å². The van der Waals surface area contributed by atoms with Crippen LogP contribution in [0.4, 0.5) is 105 Å². The van der Waals surface area contributed by atoms with Crippen molar-refractivity contribution in [1.82, 2.24) is 69.8 Å². The molecule has 0 aliphatic carbocycles. The van der Waals surface area contributed by atoms with Crippen molar-refractivity contribution >= 4 is 128 Å². The van der Waals surface area contributed by atoms with Crippen molar-refractivity contribution < 1.29 is 14.5 Å². The Morgan fingerprint density at radius 3 is 1.14 bits per heavy atom. The van der Waals surface area contributed by atoms with E-state index in [4.69, 9.17) is 0 Å². The first-order valence-corrected chi connectivity index (χ1v) is 36.1. The zero-order valence-corrected chi connectivity index (χ0v) is 62.0. The van der Waals surface area contributed by atoms with Gasteiger partial charge in [-0.25, -0.2) is 4.98 Å². The van der Waals surface area contributed by atoms with Gasteiger partial charge in [-0.3, -0.25) is 25.0 Å². The number of hydrogen-bond acceptors (Lipinski definition) is 25. The number of aromatic nitrogens is 14. The van der Waals surface area contributed by atoms with Crippen LogP contribution in [-0.2, 0) is 22.4 Å². The summed E-state index contributed by atoms with van der Waals surface area (Å²) < 4.78 is 0. The van der Waals surface area contributed by atoms with E-state index >= 15 is 0 Å². The number of carbonyl (C=O) groups excluding carboxylic acids is 2. The average molecular weight is 1450 g/mol. The molecule has 11 N–H and O–H groups in total. The number of rotatable bonds is 26. The molecule has 1 atom stereocenters. The van der Waals surface area contributed by atoms with E-state index in [1.807, 2.05) is 193 Å². The fourth-order valence-corrected chi connectivity index (χ4v) is 11.0. The third kappa shape index (κ3) is 21.9. The van der Waals surface area contributed by atoms with Gasteiger partial charge in [0.05, 0.1) is 28.8 Å². The van der Waals surface area contributed by atoms with Gasteiger partial charge in [-0.1, -0.05) is 167 Å². The molecule has 5 aromatic heterocycles. The van der Waals surface area contributed by atoms with E-state index in [1.54, 1.807) is 12.1 Å². The average Bonchev–Trinajstić information content (AvgIpc) is 1.61. The van der Waals surface area contributed by atoms with Crippen molar-refractivity contribution in [1.29, 1.82) is 0 Å². The van der Waals surface area contributed by atoms with E-state index in [2.05, 4.69) is 151 Å². The highest BCUT2D eigenvalue weighted by Gasteiger charge is 2.22. The second-order valence-electron chi connectivity index (χ2n) is 26.9. The highest BCUT2D eigenvalue weighted by atomic mass is 16.6. The van der Waals surface area contributed by atoms with E-state index in [1.165, 1.54) is 31.4 Å². The Balaban J connectivity index is 0.000000143. The van der Waals surface area contributed by atoms with Crippen molar-refractivity contribution in [3.05, 3.63) is 220 Å². The fraction of sp³-hybridized carbons (Fsp3) is 0.278. The van der Waals surface area contributed by atoms with Crippen LogP contribution in [0.5, 0.6) is 0 Å². The maximum Gasteiger partial charge on any atom is 0.269 e. The number of hydrogen-bond donors (Lipinski definition) is 11. The number of non-ortho nitro benzene ring substituents is 1. The number of aromatic amines is 1. The number of para-hydroxylation sites is 5. The van der Waals surface area contributed by atoms with Gasteiger partial charge in [0.25, 0.3) is 5.69 Å². The summed E-state index contributed by atoms with van der Waals surface area (Å²) in [6.45, 7) is 21.6. The minimum absolute atomic E-state index is 0.0127. The fourth-order valence-electron chi connectivity index (χ4n) is 11.0. The number of fused-ring (bicyclic) bond motifs is 3. The Labute approximate surface area is 626 Å². The van der Waals surface area contributed by atoms with Crippen molar-refractivity contribution in [2.24, 2.45) is 5.92 Å². The summed E-state index contributed by atoms with van der Waals surface area (Å²) in [6.07, 6.45) is 5.67. The maximum absolute atomic E-state index is 11.6. The third-order valence-electron chi connectivity index (χ3n) is 16.8. The van der Waals surface area contributed by atoms with Gasteiger partial charge in [-0.15, -0.1) is 0 Å². The number of nitrogens with one attached hydrogen (secondary N) is 11. The van der Waals surface area contributed by atoms with Crippen molar-refractivity contribution in [2.45, 2.75) is 131 Å². The van der Waals surface area contributed by atoms with Crippen LogP contribution in [0.1, 0.15) is 153 Å². The van der Waals surface area contributed by atoms with Crippen LogP contribution in [0.15, 0.2) is 176 Å². The summed E-state index contributed by atoms with van der Waals surface area (Å²) in [5.41, 5.74) is 10.5. The van der Waals surface area contributed by atoms with Gasteiger partial charge in [-0.2, -0.15) is 59.8 Å². The number of nitro groups is 1. The number of amides is 2. The van der Waals surface area contributed by atoms with E-state index in [-0.39, 0.29) is 41.2 Å². The Bertz CT molecular complexity index is 4980. The number of nitro benzene ring substituents is 1. The highest BCUT2D eigenvalue weighted by Crippen LogP contribution is 2.32. The van der Waals surface area contributed by atoms with E-state index in [9.17, 15) is 19.7 Å². The third-order valence-corrected chi connectivity index (χ3v) is 16.8. The van der Waals surface area contributed by atoms with Gasteiger partial charge in [0.2, 0.25) is 65.3 Å². The molecule has 2 amide bonds. The lowest BCUT2D eigenvalue weighted by atomic mass is 9.99. The molecule has 29 heteroatoms. The number of anilines is 17. The first-order valence-electron chi connectivity index (χ1n) is 36.1. The first-order chi connectivity index (χ1) is 52.2. The summed E-state index contributed by atoms with van der Waals surface area (Å²) >= 11 is 0. The van der Waals surface area contributed by atoms with Gasteiger partial charge in [0, 0.05) is 87.8 Å². The quantitative estimate of drug-likeness (QED) is 0.0177. The lowest BCUT2D eigenvalue weighted by molar-refractivity contribution is -0.384. The van der Waals surface area contributed by atoms with Gasteiger partial charge in [-0.05, 0) is 108 Å². The molecule has 108 heavy (non-hydrogen) atoms. The molecule has 554 valence electrons. The topological polar surface area (TPSA) is 381 Å². The molecule has 12 aromatic rings. The second kappa shape index (κ2) is 36.5. The molecule has 29 nitrogen and oxygen atoms in total. The van der Waals surface area contributed by atoms with Gasteiger partial charge < -0.3 is 52.8 Å². The SMILES string of the molecule is CC(C)c1nc(Nc2ccccc2)nc(Nc2ccc([N+](=O)[O-])cc2)n1.CC(C)c1nc(Nc2ccccc2)nc(Nc2ccc3c(c2)NC(=O)C3)n1.CC(C)c1nc(Nc2ccccc2)nc(Nc2nc3ccccc3[nH]2)n1.CCCCC(CC)CNc1nc(Nc2ccc3c(c2)NC(=O)C3)nc(C(C)C)n1. The zero-order valence-electron chi connectivity index (χ0n) is 62.0. The molecule has 0 radical (unpaired) electrons. The lowest BCUT2D eigenvalue weighted by Gasteiger charge is -2.16. The number of benzene rings is 7. The molecule has 0 fully saturated rings. The Kier molecular flexibility index (Phi) is 25.6. The standard InChI is InChI=1S/C22H32N6O.C20H20N6O.C19H19N7.C18H18N6O2/c1-5-7-8-15(6-2)13-23-21-26-20(14(3)4)27-22(28-21)24-17-10-9-16-11-19(29)25-18(16)12-17;1-12(2)18-24-19(21-14-6-4-3-5-7-14)26-20(25-18)22-15-9-8-13-10-17(27)23-16(13)11-15;1-12(2)16-23-17(20-13-8-4-3-5-9-13)25-19(24-16)26-18-21-14-10-6-7-11-15(14)22-18;1-12(2)16-21-17(19-13-6-4-3-5-7-13)23-18(22-16)20-14-8-10-15(11-9-14)24(25)26/h9-10,12,14-15H,5-8,11,13H2,1-4H3,(H,25,29)(H2,23,24,26,27,28);3-9,11-12H,10H2,1-2H3,(H,23,27)(H2,21,22,24,25,26);3-12H,1-2H3,(H3,20,21,22,23,24,25,26);3-12H,1-2H3,(H2,19,20,21,22,23). The molecule has 0 spiro atoms. The van der Waals surface area contributed by atoms with Crippen molar-refractivity contribution in [2.75, 3.05) is 59.7 Å². The van der Waals surface area contributed by atoms with Gasteiger partial charge >= 0.3 is 0 Å². The number of unbranched alkanes of at least 4 members (excludes halogenated alkanes) is 1. The Hall–Kier alpha value is -13.2. The smallest absolute Gasteiger partial charge is 0.269 e. The molecule has 14 rings (SSSR count). The summed E-state index contributed by atoms with van der Waals surface area (Å²) in [4.78, 5) is 95.1. The molecule has 0 saturated heterocycles. The molecule has 0 saturated carbocycles. The van der Waals surface area contributed by atoms with Gasteiger partial charge in [0.1, 0.15) is 23.3 Å². The molecule has 0 bridgehead atoms. The van der Waals surface area contributed by atoms with Crippen LogP contribution in [0, 0.1) is 16.0 Å². The van der Waals surface area contributed by atoms with Gasteiger partial charge in [0.15, 0.2) is 0 Å². The monoisotopic (exact) mass is 1450 g/mol. The number of nitrogens with zero attached hydrogens (tertiary/aromatic N) is 14. The zero-order chi connectivity index (χ0) is 76.1. The maximum atomic E-state index is 11.6. The highest BCUT2D eigenvalue weighted by molar-refractivity contribution is 6.00. The normalized spacial score (nSPS) is 12.1. The van der Waals surface area contributed by atoms with E-state index in [0.717, 1.165) is 80.8 Å². The molecule has 7 heterocycles. The largest absolute Gasteiger partial charge is 0.354 e. The predicted octanol–water partition coefficient (Wildman–Crippen LogP) is 17.6. The van der Waals surface area contributed by atoms with Crippen LogP contribution in [0.3, 0.4) is 0 Å². The predicted molar refractivity (Wildman–Crippen MR) is 427 cm³/mol. The summed E-state index contributed by atoms with van der Waals surface area (Å²) in [5.74, 6) is 8.48. The van der Waals surface area contributed by atoms with Crippen LogP contribution >= 0.6 is 0 Å². The Morgan fingerprint density at radius 2 is 0.759 bits per heavy atom. The number of carbonyl (C=O) groups is 2. The first kappa shape index (κ1) is 75.9. The molecular formula is C79H89N25O4. The van der Waals surface area contributed by atoms with Crippen LogP contribution in [0.25, 0.3) is 11.0 Å². The minimum Gasteiger partial charge on any atom is -0.354 e. The summed E-state index contributed by atoms with van der Waals surface area (Å²) in [6, 6.07) is 54.7.